The van der Waals surface area contributed by atoms with Gasteiger partial charge in [-0.05, 0) is 13.0 Å². The summed E-state index contributed by atoms with van der Waals surface area (Å²) in [6, 6.07) is 0. The van der Waals surface area contributed by atoms with Crippen LogP contribution in [-0.4, -0.2) is 9.55 Å². The van der Waals surface area contributed by atoms with Gasteiger partial charge in [-0.25, -0.2) is 4.98 Å². The van der Waals surface area contributed by atoms with Crippen molar-refractivity contribution in [3.8, 4) is 0 Å². The summed E-state index contributed by atoms with van der Waals surface area (Å²) in [7, 11) is 0. The zero-order valence-corrected chi connectivity index (χ0v) is 5.99. The Morgan fingerprint density at radius 1 is 1.70 bits per heavy atom. The molecule has 0 fully saturated rings. The lowest BCUT2D eigenvalue weighted by Gasteiger charge is -1.92. The molecule has 2 heteroatoms. The first-order valence-corrected chi connectivity index (χ1v) is 3.15. The highest BCUT2D eigenvalue weighted by Gasteiger charge is 1.90. The molecule has 0 N–H and O–H groups in total. The second-order valence-corrected chi connectivity index (χ2v) is 1.91. The Morgan fingerprint density at radius 2 is 2.50 bits per heavy atom. The minimum absolute atomic E-state index is 1.05. The number of rotatable bonds is 2. The Balaban J connectivity index is 3.00. The van der Waals surface area contributed by atoms with E-state index in [1.165, 1.54) is 0 Å². The summed E-state index contributed by atoms with van der Waals surface area (Å²) in [5, 5.41) is 0. The second kappa shape index (κ2) is 3.01. The van der Waals surface area contributed by atoms with Gasteiger partial charge in [0, 0.05) is 6.20 Å². The van der Waals surface area contributed by atoms with Crippen LogP contribution in [0.15, 0.2) is 25.2 Å². The lowest BCUT2D eigenvalue weighted by Crippen LogP contribution is -1.83. The Morgan fingerprint density at radius 3 is 3.10 bits per heavy atom. The summed E-state index contributed by atoms with van der Waals surface area (Å²) >= 11 is 0. The molecule has 2 nitrogen and oxygen atoms in total. The van der Waals surface area contributed by atoms with Crippen LogP contribution in [-0.2, 0) is 0 Å². The van der Waals surface area contributed by atoms with Crippen molar-refractivity contribution in [2.75, 3.05) is 0 Å². The molecule has 0 aliphatic rings. The summed E-state index contributed by atoms with van der Waals surface area (Å²) < 4.78 is 1.86. The van der Waals surface area contributed by atoms with Crippen molar-refractivity contribution in [2.45, 2.75) is 6.92 Å². The first kappa shape index (κ1) is 6.81. The minimum Gasteiger partial charge on any atom is -0.307 e. The summed E-state index contributed by atoms with van der Waals surface area (Å²) in [5.74, 6) is 0. The summed E-state index contributed by atoms with van der Waals surface area (Å²) in [6.07, 6.45) is 9.19. The van der Waals surface area contributed by atoms with Crippen LogP contribution in [0.25, 0.3) is 12.3 Å². The van der Waals surface area contributed by atoms with Gasteiger partial charge in [-0.3, -0.25) is 0 Å². The molecule has 0 atom stereocenters. The van der Waals surface area contributed by atoms with Crippen LogP contribution in [0.1, 0.15) is 12.6 Å². The number of imidazole rings is 1. The average Bonchev–Trinajstić information content (AvgIpc) is 2.36. The number of hydrogen-bond donors (Lipinski definition) is 0. The quantitative estimate of drug-likeness (QED) is 0.605. The van der Waals surface area contributed by atoms with Crippen LogP contribution < -0.4 is 0 Å². The molecule has 10 heavy (non-hydrogen) atoms. The van der Waals surface area contributed by atoms with Gasteiger partial charge in [0.15, 0.2) is 0 Å². The molecule has 1 rings (SSSR count). The highest BCUT2D eigenvalue weighted by molar-refractivity contribution is 5.46. The maximum Gasteiger partial charge on any atom is 0.0991 e. The van der Waals surface area contributed by atoms with Gasteiger partial charge in [-0.2, -0.15) is 0 Å². The van der Waals surface area contributed by atoms with E-state index in [9.17, 15) is 0 Å². The molecule has 1 heterocycles. The largest absolute Gasteiger partial charge is 0.307 e. The number of aromatic nitrogens is 2. The van der Waals surface area contributed by atoms with Gasteiger partial charge in [0.25, 0.3) is 0 Å². The van der Waals surface area contributed by atoms with Crippen molar-refractivity contribution in [2.24, 2.45) is 0 Å². The van der Waals surface area contributed by atoms with E-state index in [1.807, 2.05) is 23.6 Å². The first-order valence-electron chi connectivity index (χ1n) is 3.15. The van der Waals surface area contributed by atoms with Gasteiger partial charge in [-0.15, -0.1) is 0 Å². The molecule has 0 aromatic carbocycles. The van der Waals surface area contributed by atoms with Gasteiger partial charge in [0.1, 0.15) is 0 Å². The molecule has 0 amide bonds. The lowest BCUT2D eigenvalue weighted by molar-refractivity contribution is 1.12. The SMILES string of the molecule is C=Cn1cncc1/C=C/C. The van der Waals surface area contributed by atoms with Gasteiger partial charge in [0.2, 0.25) is 0 Å². The number of hydrogen-bond acceptors (Lipinski definition) is 1. The summed E-state index contributed by atoms with van der Waals surface area (Å²) in [4.78, 5) is 3.95. The van der Waals surface area contributed by atoms with Crippen LogP contribution >= 0.6 is 0 Å². The minimum atomic E-state index is 1.05. The molecule has 0 aliphatic carbocycles. The van der Waals surface area contributed by atoms with Crippen molar-refractivity contribution in [3.63, 3.8) is 0 Å². The number of nitrogens with zero attached hydrogens (tertiary/aromatic N) is 2. The van der Waals surface area contributed by atoms with Crippen molar-refractivity contribution in [1.29, 1.82) is 0 Å². The molecule has 1 aromatic rings. The molecule has 0 spiro atoms. The Labute approximate surface area is 60.5 Å². The molecule has 0 saturated carbocycles. The fraction of sp³-hybridized carbons (Fsp3) is 0.125. The first-order chi connectivity index (χ1) is 4.88. The van der Waals surface area contributed by atoms with Crippen LogP contribution in [0.2, 0.25) is 0 Å². The van der Waals surface area contributed by atoms with Crippen LogP contribution in [0.4, 0.5) is 0 Å². The molecule has 1 aromatic heterocycles. The molecular weight excluding hydrogens is 124 g/mol. The van der Waals surface area contributed by atoms with Crippen molar-refractivity contribution < 1.29 is 0 Å². The monoisotopic (exact) mass is 134 g/mol. The van der Waals surface area contributed by atoms with Crippen molar-refractivity contribution in [3.05, 3.63) is 30.9 Å². The Kier molecular flexibility index (Phi) is 2.05. The molecule has 0 bridgehead atoms. The fourth-order valence-electron chi connectivity index (χ4n) is 0.767. The molecule has 0 radical (unpaired) electrons. The van der Waals surface area contributed by atoms with Gasteiger partial charge in [0.05, 0.1) is 18.2 Å². The van der Waals surface area contributed by atoms with Crippen molar-refractivity contribution in [1.82, 2.24) is 9.55 Å². The Hall–Kier alpha value is -1.31. The zero-order valence-electron chi connectivity index (χ0n) is 5.99. The fourth-order valence-corrected chi connectivity index (χ4v) is 0.767. The predicted molar refractivity (Wildman–Crippen MR) is 43.3 cm³/mol. The third kappa shape index (κ3) is 1.16. The molecule has 0 unspecified atom stereocenters. The molecule has 0 saturated heterocycles. The van der Waals surface area contributed by atoms with E-state index in [0.717, 1.165) is 5.69 Å². The third-order valence-corrected chi connectivity index (χ3v) is 1.23. The van der Waals surface area contributed by atoms with E-state index in [4.69, 9.17) is 0 Å². The molecular formula is C8H10N2. The normalized spacial score (nSPS) is 10.5. The highest BCUT2D eigenvalue weighted by atomic mass is 15.0. The molecule has 52 valence electrons. The topological polar surface area (TPSA) is 17.8 Å². The third-order valence-electron chi connectivity index (χ3n) is 1.23. The van der Waals surface area contributed by atoms with E-state index in [-0.39, 0.29) is 0 Å². The van der Waals surface area contributed by atoms with Crippen LogP contribution in [0, 0.1) is 0 Å². The second-order valence-electron chi connectivity index (χ2n) is 1.91. The maximum absolute atomic E-state index is 3.95. The maximum atomic E-state index is 3.95. The van der Waals surface area contributed by atoms with Gasteiger partial charge < -0.3 is 4.57 Å². The number of allylic oxidation sites excluding steroid dienone is 1. The molecule has 0 aliphatic heterocycles. The lowest BCUT2D eigenvalue weighted by atomic mass is 10.4. The predicted octanol–water partition coefficient (Wildman–Crippen LogP) is 2.02. The van der Waals surface area contributed by atoms with Gasteiger partial charge >= 0.3 is 0 Å². The van der Waals surface area contributed by atoms with Gasteiger partial charge in [-0.1, -0.05) is 12.7 Å². The van der Waals surface area contributed by atoms with Crippen LogP contribution in [0.3, 0.4) is 0 Å². The smallest absolute Gasteiger partial charge is 0.0991 e. The Bertz CT molecular complexity index is 246. The van der Waals surface area contributed by atoms with E-state index in [2.05, 4.69) is 11.6 Å². The van der Waals surface area contributed by atoms with E-state index >= 15 is 0 Å². The highest BCUT2D eigenvalue weighted by Crippen LogP contribution is 2.00. The van der Waals surface area contributed by atoms with E-state index in [1.54, 1.807) is 18.7 Å². The zero-order chi connectivity index (χ0) is 7.40. The van der Waals surface area contributed by atoms with E-state index < -0.39 is 0 Å². The van der Waals surface area contributed by atoms with Crippen LogP contribution in [0.5, 0.6) is 0 Å². The average molecular weight is 134 g/mol. The van der Waals surface area contributed by atoms with Crippen molar-refractivity contribution >= 4 is 12.3 Å². The summed E-state index contributed by atoms with van der Waals surface area (Å²) in [5.41, 5.74) is 1.05. The summed E-state index contributed by atoms with van der Waals surface area (Å²) in [6.45, 7) is 5.61. The van der Waals surface area contributed by atoms with E-state index in [0.29, 0.717) is 0 Å². The standard InChI is InChI=1S/C8H10N2/c1-3-5-8-6-9-7-10(8)4-2/h3-7H,2H2,1H3/b5-3+.